The van der Waals surface area contributed by atoms with Gasteiger partial charge in [0.05, 0.1) is 16.7 Å². The molecule has 3 aromatic rings. The minimum absolute atomic E-state index is 0.0675. The molecular formula is C23H28N4O2S. The number of carbonyl (C=O) groups excluding carboxylic acids is 1. The largest absolute Gasteiger partial charge is 0.353 e. The molecule has 3 rings (SSSR count). The van der Waals surface area contributed by atoms with E-state index in [2.05, 4.69) is 29.1 Å². The predicted octanol–water partition coefficient (Wildman–Crippen LogP) is 4.12. The number of aromatic nitrogens is 3. The van der Waals surface area contributed by atoms with Gasteiger partial charge in [0.25, 0.3) is 5.56 Å². The molecule has 0 spiro atoms. The smallest absolute Gasteiger partial charge is 0.267 e. The second-order valence-corrected chi connectivity index (χ2v) is 8.92. The number of rotatable bonds is 8. The van der Waals surface area contributed by atoms with E-state index in [0.717, 1.165) is 18.4 Å². The molecule has 1 aromatic carbocycles. The number of nitrogens with one attached hydrogen (secondary N) is 1. The van der Waals surface area contributed by atoms with Gasteiger partial charge in [-0.15, -0.1) is 0 Å². The van der Waals surface area contributed by atoms with Crippen molar-refractivity contribution < 1.29 is 4.79 Å². The van der Waals surface area contributed by atoms with Gasteiger partial charge in [-0.05, 0) is 56.4 Å². The fourth-order valence-corrected chi connectivity index (χ4v) is 3.92. The molecule has 0 aliphatic rings. The zero-order valence-electron chi connectivity index (χ0n) is 17.9. The van der Waals surface area contributed by atoms with Gasteiger partial charge in [-0.1, -0.05) is 43.8 Å². The topological polar surface area (TPSA) is 76.9 Å². The minimum Gasteiger partial charge on any atom is -0.353 e. The van der Waals surface area contributed by atoms with E-state index in [1.165, 1.54) is 16.3 Å². The van der Waals surface area contributed by atoms with Crippen molar-refractivity contribution in [3.63, 3.8) is 0 Å². The lowest BCUT2D eigenvalue weighted by atomic mass is 10.0. The van der Waals surface area contributed by atoms with Crippen molar-refractivity contribution in [2.75, 3.05) is 5.75 Å². The van der Waals surface area contributed by atoms with Crippen LogP contribution in [-0.4, -0.2) is 32.2 Å². The standard InChI is InChI=1S/C23H28N4O2S/c1-15(2)9-11-17(4)25-21(28)14-30-23-26-19-8-6-5-7-18(19)22(29)27(23)20-12-10-16(3)13-24-20/h5-8,10,12-13,15,17H,9,11,14H2,1-4H3,(H,25,28)/t17-/m0/s1. The van der Waals surface area contributed by atoms with Crippen LogP contribution in [-0.2, 0) is 4.79 Å². The average molecular weight is 425 g/mol. The molecule has 1 N–H and O–H groups in total. The zero-order chi connectivity index (χ0) is 21.7. The summed E-state index contributed by atoms with van der Waals surface area (Å²) in [6.45, 7) is 8.31. The fraction of sp³-hybridized carbons (Fsp3) is 0.391. The molecule has 1 atom stereocenters. The maximum atomic E-state index is 13.2. The molecule has 0 radical (unpaired) electrons. The van der Waals surface area contributed by atoms with Crippen molar-refractivity contribution in [1.29, 1.82) is 0 Å². The van der Waals surface area contributed by atoms with Gasteiger partial charge in [-0.3, -0.25) is 9.59 Å². The maximum absolute atomic E-state index is 13.2. The summed E-state index contributed by atoms with van der Waals surface area (Å²) in [5.74, 6) is 1.22. The lowest BCUT2D eigenvalue weighted by Gasteiger charge is -2.16. The summed E-state index contributed by atoms with van der Waals surface area (Å²) in [6, 6.07) is 11.0. The van der Waals surface area contributed by atoms with E-state index in [1.807, 2.05) is 38.1 Å². The Balaban J connectivity index is 1.85. The first-order chi connectivity index (χ1) is 14.3. The van der Waals surface area contributed by atoms with Crippen LogP contribution >= 0.6 is 11.8 Å². The second-order valence-electron chi connectivity index (χ2n) is 7.97. The van der Waals surface area contributed by atoms with Crippen molar-refractivity contribution in [2.24, 2.45) is 5.92 Å². The van der Waals surface area contributed by atoms with Crippen LogP contribution in [0.25, 0.3) is 16.7 Å². The lowest BCUT2D eigenvalue weighted by Crippen LogP contribution is -2.34. The van der Waals surface area contributed by atoms with Crippen LogP contribution in [0, 0.1) is 12.8 Å². The Hall–Kier alpha value is -2.67. The molecule has 30 heavy (non-hydrogen) atoms. The molecule has 0 aliphatic heterocycles. The minimum atomic E-state index is -0.190. The Morgan fingerprint density at radius 1 is 1.13 bits per heavy atom. The third-order valence-electron chi connectivity index (χ3n) is 4.79. The Kier molecular flexibility index (Phi) is 7.26. The van der Waals surface area contributed by atoms with Crippen molar-refractivity contribution in [3.05, 3.63) is 58.5 Å². The van der Waals surface area contributed by atoms with Crippen LogP contribution < -0.4 is 10.9 Å². The van der Waals surface area contributed by atoms with Gasteiger partial charge in [-0.2, -0.15) is 0 Å². The number of thioether (sulfide) groups is 1. The molecule has 0 saturated carbocycles. The SMILES string of the molecule is Cc1ccc(-n2c(SCC(=O)N[C@@H](C)CCC(C)C)nc3ccccc3c2=O)nc1. The Bertz CT molecular complexity index is 1080. The van der Waals surface area contributed by atoms with E-state index in [1.54, 1.807) is 18.3 Å². The number of nitrogens with zero attached hydrogens (tertiary/aromatic N) is 3. The summed E-state index contributed by atoms with van der Waals surface area (Å²) in [4.78, 5) is 34.7. The van der Waals surface area contributed by atoms with Crippen molar-refractivity contribution in [1.82, 2.24) is 19.9 Å². The fourth-order valence-electron chi connectivity index (χ4n) is 3.11. The number of para-hydroxylation sites is 1. The number of aryl methyl sites for hydroxylation is 1. The first-order valence-electron chi connectivity index (χ1n) is 10.2. The molecule has 1 amide bonds. The van der Waals surface area contributed by atoms with E-state index in [4.69, 9.17) is 0 Å². The molecule has 158 valence electrons. The molecule has 0 unspecified atom stereocenters. The predicted molar refractivity (Wildman–Crippen MR) is 122 cm³/mol. The molecule has 6 nitrogen and oxygen atoms in total. The lowest BCUT2D eigenvalue weighted by molar-refractivity contribution is -0.119. The Morgan fingerprint density at radius 2 is 1.90 bits per heavy atom. The Labute approximate surface area is 181 Å². The third kappa shape index (κ3) is 5.48. The molecular weight excluding hydrogens is 396 g/mol. The third-order valence-corrected chi connectivity index (χ3v) is 5.73. The molecule has 2 aromatic heterocycles. The monoisotopic (exact) mass is 424 g/mol. The number of hydrogen-bond donors (Lipinski definition) is 1. The molecule has 0 saturated heterocycles. The van der Waals surface area contributed by atoms with E-state index in [-0.39, 0.29) is 23.3 Å². The van der Waals surface area contributed by atoms with E-state index >= 15 is 0 Å². The van der Waals surface area contributed by atoms with Crippen molar-refractivity contribution in [3.8, 4) is 5.82 Å². The van der Waals surface area contributed by atoms with E-state index in [9.17, 15) is 9.59 Å². The van der Waals surface area contributed by atoms with Gasteiger partial charge in [0.1, 0.15) is 5.82 Å². The van der Waals surface area contributed by atoms with Crippen LogP contribution in [0.5, 0.6) is 0 Å². The number of benzene rings is 1. The maximum Gasteiger partial charge on any atom is 0.267 e. The summed E-state index contributed by atoms with van der Waals surface area (Å²) in [6.07, 6.45) is 3.73. The molecule has 7 heteroatoms. The molecule has 0 bridgehead atoms. The summed E-state index contributed by atoms with van der Waals surface area (Å²) in [7, 11) is 0. The second kappa shape index (κ2) is 9.89. The summed E-state index contributed by atoms with van der Waals surface area (Å²) < 4.78 is 1.49. The number of fused-ring (bicyclic) bond motifs is 1. The van der Waals surface area contributed by atoms with Crippen molar-refractivity contribution >= 4 is 28.6 Å². The van der Waals surface area contributed by atoms with Gasteiger partial charge >= 0.3 is 0 Å². The van der Waals surface area contributed by atoms with Crippen LogP contribution in [0.4, 0.5) is 0 Å². The normalized spacial score (nSPS) is 12.3. The first-order valence-corrected chi connectivity index (χ1v) is 11.2. The van der Waals surface area contributed by atoms with Crippen LogP contribution in [0.3, 0.4) is 0 Å². The van der Waals surface area contributed by atoms with Gasteiger partial charge < -0.3 is 5.32 Å². The highest BCUT2D eigenvalue weighted by Gasteiger charge is 2.16. The highest BCUT2D eigenvalue weighted by molar-refractivity contribution is 7.99. The van der Waals surface area contributed by atoms with Crippen LogP contribution in [0.15, 0.2) is 52.5 Å². The molecule has 0 aliphatic carbocycles. The van der Waals surface area contributed by atoms with Gasteiger partial charge in [0, 0.05) is 12.2 Å². The van der Waals surface area contributed by atoms with Gasteiger partial charge in [0.2, 0.25) is 5.91 Å². The number of carbonyl (C=O) groups is 1. The van der Waals surface area contributed by atoms with Crippen LogP contribution in [0.1, 0.15) is 39.2 Å². The summed E-state index contributed by atoms with van der Waals surface area (Å²) in [5, 5.41) is 4.02. The summed E-state index contributed by atoms with van der Waals surface area (Å²) >= 11 is 1.25. The van der Waals surface area contributed by atoms with E-state index < -0.39 is 0 Å². The number of amides is 1. The molecule has 0 fully saturated rings. The summed E-state index contributed by atoms with van der Waals surface area (Å²) in [5.41, 5.74) is 1.42. The zero-order valence-corrected chi connectivity index (χ0v) is 18.7. The van der Waals surface area contributed by atoms with Gasteiger partial charge in [0.15, 0.2) is 5.16 Å². The van der Waals surface area contributed by atoms with Crippen molar-refractivity contribution in [2.45, 2.75) is 51.7 Å². The highest BCUT2D eigenvalue weighted by atomic mass is 32.2. The quantitative estimate of drug-likeness (QED) is 0.435. The number of hydrogen-bond acceptors (Lipinski definition) is 5. The highest BCUT2D eigenvalue weighted by Crippen LogP contribution is 2.20. The Morgan fingerprint density at radius 3 is 2.60 bits per heavy atom. The molecule has 2 heterocycles. The first kappa shape index (κ1) is 22.0. The van der Waals surface area contributed by atoms with Crippen LogP contribution in [0.2, 0.25) is 0 Å². The van der Waals surface area contributed by atoms with Gasteiger partial charge in [-0.25, -0.2) is 14.5 Å². The average Bonchev–Trinajstić information content (AvgIpc) is 2.72. The van der Waals surface area contributed by atoms with E-state index in [0.29, 0.717) is 27.8 Å². The number of pyridine rings is 1.